The Kier molecular flexibility index (Phi) is 2.85. The van der Waals surface area contributed by atoms with Crippen LogP contribution in [0.4, 0.5) is 14.6 Å². The van der Waals surface area contributed by atoms with Crippen LogP contribution in [-0.2, 0) is 0 Å². The molecule has 1 unspecified atom stereocenters. The molecule has 1 aliphatic rings. The number of benzene rings is 1. The Balaban J connectivity index is 1.97. The van der Waals surface area contributed by atoms with Gasteiger partial charge in [-0.2, -0.15) is 0 Å². The van der Waals surface area contributed by atoms with Gasteiger partial charge < -0.3 is 10.7 Å². The van der Waals surface area contributed by atoms with Gasteiger partial charge in [-0.3, -0.25) is 0 Å². The van der Waals surface area contributed by atoms with E-state index in [1.165, 1.54) is 12.1 Å². The fourth-order valence-corrected chi connectivity index (χ4v) is 2.58. The zero-order valence-corrected chi connectivity index (χ0v) is 10.3. The Morgan fingerprint density at radius 2 is 2.16 bits per heavy atom. The van der Waals surface area contributed by atoms with Gasteiger partial charge in [0.15, 0.2) is 0 Å². The minimum absolute atomic E-state index is 0.190. The van der Waals surface area contributed by atoms with Gasteiger partial charge in [0.05, 0.1) is 12.2 Å². The molecule has 4 nitrogen and oxygen atoms in total. The summed E-state index contributed by atoms with van der Waals surface area (Å²) in [6.45, 7) is 0.760. The summed E-state index contributed by atoms with van der Waals surface area (Å²) in [7, 11) is 0. The van der Waals surface area contributed by atoms with E-state index in [0.717, 1.165) is 25.5 Å². The fraction of sp³-hybridized carbons (Fsp3) is 0.308. The molecule has 0 aliphatic carbocycles. The first-order valence-electron chi connectivity index (χ1n) is 6.16. The van der Waals surface area contributed by atoms with E-state index in [9.17, 15) is 8.78 Å². The zero-order chi connectivity index (χ0) is 13.4. The highest BCUT2D eigenvalue weighted by Gasteiger charge is 2.29. The third kappa shape index (κ3) is 2.14. The van der Waals surface area contributed by atoms with E-state index in [4.69, 9.17) is 5.73 Å². The molecule has 0 saturated carbocycles. The number of hydrogen-bond acceptors (Lipinski definition) is 3. The van der Waals surface area contributed by atoms with Gasteiger partial charge in [0.25, 0.3) is 0 Å². The minimum atomic E-state index is -0.423. The van der Waals surface area contributed by atoms with Crippen LogP contribution in [0.3, 0.4) is 0 Å². The molecule has 2 N–H and O–H groups in total. The number of rotatable bonds is 2. The van der Waals surface area contributed by atoms with E-state index < -0.39 is 5.82 Å². The number of halogens is 2. The first-order chi connectivity index (χ1) is 9.15. The van der Waals surface area contributed by atoms with Crippen LogP contribution in [0.15, 0.2) is 30.7 Å². The summed E-state index contributed by atoms with van der Waals surface area (Å²) in [4.78, 5) is 3.96. The van der Waals surface area contributed by atoms with Gasteiger partial charge in [0.2, 0.25) is 0 Å². The first kappa shape index (κ1) is 12.0. The van der Waals surface area contributed by atoms with Gasteiger partial charge in [0.1, 0.15) is 23.8 Å². The molecule has 6 heteroatoms. The van der Waals surface area contributed by atoms with Gasteiger partial charge in [0, 0.05) is 12.1 Å². The molecule has 1 aromatic carbocycles. The Morgan fingerprint density at radius 1 is 1.32 bits per heavy atom. The summed E-state index contributed by atoms with van der Waals surface area (Å²) in [6.07, 6.45) is 4.96. The molecule has 0 spiro atoms. The van der Waals surface area contributed by atoms with Crippen LogP contribution >= 0.6 is 0 Å². The van der Waals surface area contributed by atoms with Gasteiger partial charge in [-0.05, 0) is 31.0 Å². The van der Waals surface area contributed by atoms with E-state index in [-0.39, 0.29) is 11.9 Å². The molecule has 19 heavy (non-hydrogen) atoms. The average molecular weight is 264 g/mol. The number of nitrogen functional groups attached to an aromatic ring is 1. The van der Waals surface area contributed by atoms with Crippen molar-refractivity contribution in [2.24, 2.45) is 0 Å². The van der Waals surface area contributed by atoms with Crippen LogP contribution in [0.25, 0.3) is 0 Å². The van der Waals surface area contributed by atoms with Crippen molar-refractivity contribution in [2.45, 2.75) is 18.9 Å². The molecule has 1 atom stereocenters. The quantitative estimate of drug-likeness (QED) is 0.904. The van der Waals surface area contributed by atoms with Gasteiger partial charge in [-0.1, -0.05) is 0 Å². The SMILES string of the molecule is Nc1cn(N2CCCC2c2cc(F)ccc2F)cn1. The zero-order valence-electron chi connectivity index (χ0n) is 10.3. The molecule has 1 fully saturated rings. The summed E-state index contributed by atoms with van der Waals surface area (Å²) < 4.78 is 28.9. The average Bonchev–Trinajstić information content (AvgIpc) is 3.00. The molecule has 0 radical (unpaired) electrons. The van der Waals surface area contributed by atoms with Crippen molar-refractivity contribution in [2.75, 3.05) is 17.3 Å². The molecule has 1 aromatic heterocycles. The summed E-state index contributed by atoms with van der Waals surface area (Å²) in [6, 6.07) is 3.37. The van der Waals surface area contributed by atoms with Crippen LogP contribution in [0.5, 0.6) is 0 Å². The predicted octanol–water partition coefficient (Wildman–Crippen LogP) is 2.22. The van der Waals surface area contributed by atoms with Crippen molar-refractivity contribution in [1.82, 2.24) is 9.66 Å². The van der Waals surface area contributed by atoms with Crippen molar-refractivity contribution >= 4 is 5.82 Å². The van der Waals surface area contributed by atoms with Crippen LogP contribution in [0.2, 0.25) is 0 Å². The third-order valence-corrected chi connectivity index (χ3v) is 3.43. The van der Waals surface area contributed by atoms with Crippen molar-refractivity contribution < 1.29 is 8.78 Å². The molecule has 2 aromatic rings. The van der Waals surface area contributed by atoms with Crippen LogP contribution < -0.4 is 10.7 Å². The highest BCUT2D eigenvalue weighted by atomic mass is 19.1. The van der Waals surface area contributed by atoms with Gasteiger partial charge in [-0.25, -0.2) is 18.4 Å². The third-order valence-electron chi connectivity index (χ3n) is 3.43. The maximum absolute atomic E-state index is 13.9. The Hall–Kier alpha value is -2.11. The van der Waals surface area contributed by atoms with E-state index in [1.54, 1.807) is 17.2 Å². The number of aromatic nitrogens is 2. The van der Waals surface area contributed by atoms with E-state index in [2.05, 4.69) is 4.98 Å². The van der Waals surface area contributed by atoms with Crippen LogP contribution in [0, 0.1) is 11.6 Å². The standard InChI is InChI=1S/C13H14F2N4/c14-9-3-4-11(15)10(6-9)12-2-1-5-19(12)18-7-13(16)17-8-18/h3-4,6-8,12H,1-2,5,16H2. The topological polar surface area (TPSA) is 47.1 Å². The summed E-state index contributed by atoms with van der Waals surface area (Å²) in [5.74, 6) is -0.398. The predicted molar refractivity (Wildman–Crippen MR) is 68.1 cm³/mol. The molecular formula is C13H14F2N4. The molecular weight excluding hydrogens is 250 g/mol. The van der Waals surface area contributed by atoms with Gasteiger partial charge in [-0.15, -0.1) is 0 Å². The molecule has 0 amide bonds. The van der Waals surface area contributed by atoms with E-state index in [0.29, 0.717) is 11.4 Å². The number of imidazole rings is 1. The molecule has 2 heterocycles. The van der Waals surface area contributed by atoms with E-state index >= 15 is 0 Å². The lowest BCUT2D eigenvalue weighted by molar-refractivity contribution is 0.515. The number of nitrogens with zero attached hydrogens (tertiary/aromatic N) is 3. The minimum Gasteiger partial charge on any atom is -0.382 e. The monoisotopic (exact) mass is 264 g/mol. The Bertz CT molecular complexity index is 596. The van der Waals surface area contributed by atoms with Crippen LogP contribution in [0.1, 0.15) is 24.4 Å². The van der Waals surface area contributed by atoms with Crippen LogP contribution in [-0.4, -0.2) is 16.2 Å². The normalized spacial score (nSPS) is 19.1. The van der Waals surface area contributed by atoms with Crippen molar-refractivity contribution in [3.05, 3.63) is 47.9 Å². The van der Waals surface area contributed by atoms with Crippen molar-refractivity contribution in [3.8, 4) is 0 Å². The van der Waals surface area contributed by atoms with Crippen molar-refractivity contribution in [3.63, 3.8) is 0 Å². The number of hydrogen-bond donors (Lipinski definition) is 1. The molecule has 100 valence electrons. The lowest BCUT2D eigenvalue weighted by atomic mass is 10.0. The lowest BCUT2D eigenvalue weighted by Gasteiger charge is -2.27. The fourth-order valence-electron chi connectivity index (χ4n) is 2.58. The molecule has 1 saturated heterocycles. The number of anilines is 1. The summed E-state index contributed by atoms with van der Waals surface area (Å²) in [5.41, 5.74) is 5.97. The smallest absolute Gasteiger partial charge is 0.143 e. The largest absolute Gasteiger partial charge is 0.382 e. The highest BCUT2D eigenvalue weighted by molar-refractivity contribution is 5.29. The molecule has 0 bridgehead atoms. The maximum Gasteiger partial charge on any atom is 0.143 e. The van der Waals surface area contributed by atoms with E-state index in [1.807, 2.05) is 5.01 Å². The van der Waals surface area contributed by atoms with Gasteiger partial charge >= 0.3 is 0 Å². The highest BCUT2D eigenvalue weighted by Crippen LogP contribution is 2.32. The maximum atomic E-state index is 13.9. The summed E-state index contributed by atoms with van der Waals surface area (Å²) in [5, 5.41) is 1.95. The molecule has 3 rings (SSSR count). The van der Waals surface area contributed by atoms with Crippen molar-refractivity contribution in [1.29, 1.82) is 0 Å². The second-order valence-electron chi connectivity index (χ2n) is 4.67. The lowest BCUT2D eigenvalue weighted by Crippen LogP contribution is -2.33. The Labute approximate surface area is 109 Å². The second kappa shape index (κ2) is 4.53. The Morgan fingerprint density at radius 3 is 2.89 bits per heavy atom. The number of nitrogens with two attached hydrogens (primary N) is 1. The second-order valence-corrected chi connectivity index (χ2v) is 4.67. The molecule has 1 aliphatic heterocycles. The summed E-state index contributed by atoms with van der Waals surface area (Å²) >= 11 is 0. The first-order valence-corrected chi connectivity index (χ1v) is 6.16.